The third-order valence-electron chi connectivity index (χ3n) is 4.98. The second-order valence-electron chi connectivity index (χ2n) is 6.61. The molecule has 1 aliphatic rings. The van der Waals surface area contributed by atoms with Gasteiger partial charge in [-0.3, -0.25) is 4.79 Å². The predicted molar refractivity (Wildman–Crippen MR) is 104 cm³/mol. The van der Waals surface area contributed by atoms with Crippen LogP contribution in [0.15, 0.2) is 54.7 Å². The number of hydrogen-bond donors (Lipinski definition) is 2. The van der Waals surface area contributed by atoms with Crippen molar-refractivity contribution in [3.8, 4) is 0 Å². The number of aromatic nitrogens is 1. The lowest BCUT2D eigenvalue weighted by molar-refractivity contribution is -0.130. The maximum absolute atomic E-state index is 12.4. The molecule has 1 aromatic heterocycles. The molecule has 0 saturated carbocycles. The number of nitrogens with one attached hydrogen (secondary N) is 2. The summed E-state index contributed by atoms with van der Waals surface area (Å²) in [4.78, 5) is 15.7. The topological polar surface area (TPSA) is 54.1 Å². The Kier molecular flexibility index (Phi) is 4.96. The Bertz CT molecular complexity index is 915. The summed E-state index contributed by atoms with van der Waals surface area (Å²) < 4.78 is 5.49. The second-order valence-corrected chi connectivity index (χ2v) is 7.02. The summed E-state index contributed by atoms with van der Waals surface area (Å²) >= 11 is 6.48. The molecule has 1 amide bonds. The van der Waals surface area contributed by atoms with E-state index in [-0.39, 0.29) is 17.9 Å². The van der Waals surface area contributed by atoms with Crippen molar-refractivity contribution < 1.29 is 9.53 Å². The number of fused-ring (bicyclic) bond motifs is 1. The number of aromatic amines is 1. The lowest BCUT2D eigenvalue weighted by Gasteiger charge is -2.20. The van der Waals surface area contributed by atoms with Crippen LogP contribution in [0, 0.1) is 0 Å². The molecule has 1 aliphatic heterocycles. The average molecular weight is 369 g/mol. The van der Waals surface area contributed by atoms with Crippen LogP contribution in [0.5, 0.6) is 0 Å². The van der Waals surface area contributed by atoms with E-state index in [4.69, 9.17) is 16.3 Å². The number of halogens is 1. The molecule has 0 bridgehead atoms. The number of carbonyl (C=O) groups is 1. The van der Waals surface area contributed by atoms with Gasteiger partial charge < -0.3 is 15.0 Å². The molecular formula is C21H21ClN2O2. The minimum absolute atomic E-state index is 0.0368. The van der Waals surface area contributed by atoms with Crippen LogP contribution in [-0.4, -0.2) is 30.1 Å². The lowest BCUT2D eigenvalue weighted by Crippen LogP contribution is -2.36. The minimum Gasteiger partial charge on any atom is -0.368 e. The quantitative estimate of drug-likeness (QED) is 0.707. The normalized spacial score (nSPS) is 18.1. The SMILES string of the molecule is O=C(NCC(c1ccccc1Cl)c1c[nH]c2ccccc12)C1CCCO1. The lowest BCUT2D eigenvalue weighted by atomic mass is 9.90. The highest BCUT2D eigenvalue weighted by molar-refractivity contribution is 6.31. The van der Waals surface area contributed by atoms with Gasteiger partial charge in [0, 0.05) is 41.2 Å². The maximum Gasteiger partial charge on any atom is 0.249 e. The largest absolute Gasteiger partial charge is 0.368 e. The number of hydrogen-bond acceptors (Lipinski definition) is 2. The third kappa shape index (κ3) is 3.35. The van der Waals surface area contributed by atoms with Gasteiger partial charge in [-0.2, -0.15) is 0 Å². The molecule has 1 saturated heterocycles. The first kappa shape index (κ1) is 17.1. The molecule has 2 atom stereocenters. The van der Waals surface area contributed by atoms with Crippen LogP contribution in [0.1, 0.15) is 29.9 Å². The van der Waals surface area contributed by atoms with Crippen LogP contribution in [0.4, 0.5) is 0 Å². The first-order chi connectivity index (χ1) is 12.7. The fraction of sp³-hybridized carbons (Fsp3) is 0.286. The smallest absolute Gasteiger partial charge is 0.249 e. The molecule has 0 spiro atoms. The van der Waals surface area contributed by atoms with Crippen LogP contribution in [-0.2, 0) is 9.53 Å². The van der Waals surface area contributed by atoms with Crippen molar-refractivity contribution >= 4 is 28.4 Å². The molecule has 3 aromatic rings. The highest BCUT2D eigenvalue weighted by Crippen LogP contribution is 2.34. The van der Waals surface area contributed by atoms with Crippen LogP contribution in [0.3, 0.4) is 0 Å². The summed E-state index contributed by atoms with van der Waals surface area (Å²) in [5.41, 5.74) is 3.21. The Hall–Kier alpha value is -2.30. The summed E-state index contributed by atoms with van der Waals surface area (Å²) in [7, 11) is 0. The van der Waals surface area contributed by atoms with Crippen molar-refractivity contribution in [2.24, 2.45) is 0 Å². The summed E-state index contributed by atoms with van der Waals surface area (Å²) in [6.45, 7) is 1.14. The van der Waals surface area contributed by atoms with Gasteiger partial charge in [0.15, 0.2) is 0 Å². The van der Waals surface area contributed by atoms with Gasteiger partial charge in [-0.05, 0) is 36.1 Å². The van der Waals surface area contributed by atoms with Gasteiger partial charge in [0.2, 0.25) is 5.91 Å². The molecule has 2 unspecified atom stereocenters. The molecule has 134 valence electrons. The van der Waals surface area contributed by atoms with Gasteiger partial charge in [0.1, 0.15) is 6.10 Å². The van der Waals surface area contributed by atoms with Gasteiger partial charge in [-0.15, -0.1) is 0 Å². The Morgan fingerprint density at radius 1 is 1.19 bits per heavy atom. The van der Waals surface area contributed by atoms with E-state index in [0.29, 0.717) is 18.2 Å². The van der Waals surface area contributed by atoms with Crippen molar-refractivity contribution in [3.05, 3.63) is 70.9 Å². The molecule has 0 radical (unpaired) electrons. The van der Waals surface area contributed by atoms with Gasteiger partial charge in [0.05, 0.1) is 0 Å². The molecule has 0 aliphatic carbocycles. The molecule has 2 aromatic carbocycles. The number of carbonyl (C=O) groups excluding carboxylic acids is 1. The standard InChI is InChI=1S/C21H21ClN2O2/c22-18-8-3-1-6-14(18)16(13-24-21(25)20-10-5-11-26-20)17-12-23-19-9-4-2-7-15(17)19/h1-4,6-9,12,16,20,23H,5,10-11,13H2,(H,24,25). The van der Waals surface area contributed by atoms with Crippen LogP contribution in [0.25, 0.3) is 10.9 Å². The number of amides is 1. The number of para-hydroxylation sites is 1. The summed E-state index contributed by atoms with van der Waals surface area (Å²) in [6.07, 6.45) is 3.41. The van der Waals surface area contributed by atoms with E-state index in [9.17, 15) is 4.79 Å². The summed E-state index contributed by atoms with van der Waals surface area (Å²) in [5.74, 6) is -0.0791. The van der Waals surface area contributed by atoms with Gasteiger partial charge >= 0.3 is 0 Å². The zero-order chi connectivity index (χ0) is 17.9. The highest BCUT2D eigenvalue weighted by atomic mass is 35.5. The van der Waals surface area contributed by atoms with Gasteiger partial charge in [-0.1, -0.05) is 48.0 Å². The second kappa shape index (κ2) is 7.52. The molecule has 4 nitrogen and oxygen atoms in total. The molecule has 1 fully saturated rings. The van der Waals surface area contributed by atoms with Crippen molar-refractivity contribution in [2.45, 2.75) is 24.9 Å². The van der Waals surface area contributed by atoms with Crippen molar-refractivity contribution in [3.63, 3.8) is 0 Å². The fourth-order valence-corrected chi connectivity index (χ4v) is 3.90. The van der Waals surface area contributed by atoms with Crippen molar-refractivity contribution in [1.29, 1.82) is 0 Å². The Labute approximate surface area is 157 Å². The summed E-state index contributed by atoms with van der Waals surface area (Å²) in [6, 6.07) is 16.0. The zero-order valence-corrected chi connectivity index (χ0v) is 15.1. The monoisotopic (exact) mass is 368 g/mol. The minimum atomic E-state index is -0.329. The van der Waals surface area contributed by atoms with Crippen molar-refractivity contribution in [1.82, 2.24) is 10.3 Å². The zero-order valence-electron chi connectivity index (χ0n) is 14.4. The van der Waals surface area contributed by atoms with E-state index in [1.54, 1.807) is 0 Å². The van der Waals surface area contributed by atoms with Gasteiger partial charge in [0.25, 0.3) is 0 Å². The highest BCUT2D eigenvalue weighted by Gasteiger charge is 2.26. The Balaban J connectivity index is 1.66. The molecule has 2 N–H and O–H groups in total. The molecule has 5 heteroatoms. The van der Waals surface area contributed by atoms with Gasteiger partial charge in [-0.25, -0.2) is 0 Å². The first-order valence-electron chi connectivity index (χ1n) is 8.94. The van der Waals surface area contributed by atoms with Crippen LogP contribution >= 0.6 is 11.6 Å². The van der Waals surface area contributed by atoms with E-state index in [1.165, 1.54) is 0 Å². The van der Waals surface area contributed by atoms with E-state index in [0.717, 1.165) is 34.9 Å². The number of rotatable bonds is 5. The van der Waals surface area contributed by atoms with E-state index >= 15 is 0 Å². The Morgan fingerprint density at radius 2 is 2.00 bits per heavy atom. The number of H-pyrrole nitrogens is 1. The summed E-state index contributed by atoms with van der Waals surface area (Å²) in [5, 5.41) is 4.91. The molecular weight excluding hydrogens is 348 g/mol. The number of ether oxygens (including phenoxy) is 1. The van der Waals surface area contributed by atoms with E-state index in [2.05, 4.69) is 16.4 Å². The van der Waals surface area contributed by atoms with Crippen LogP contribution in [0.2, 0.25) is 5.02 Å². The third-order valence-corrected chi connectivity index (χ3v) is 5.32. The molecule has 4 rings (SSSR count). The molecule has 26 heavy (non-hydrogen) atoms. The first-order valence-corrected chi connectivity index (χ1v) is 9.31. The Morgan fingerprint density at radius 3 is 2.81 bits per heavy atom. The van der Waals surface area contributed by atoms with Crippen molar-refractivity contribution in [2.75, 3.05) is 13.2 Å². The maximum atomic E-state index is 12.4. The van der Waals surface area contributed by atoms with Crippen LogP contribution < -0.4 is 5.32 Å². The van der Waals surface area contributed by atoms with E-state index < -0.39 is 0 Å². The predicted octanol–water partition coefficient (Wildman–Crippen LogP) is 4.25. The number of benzene rings is 2. The van der Waals surface area contributed by atoms with E-state index in [1.807, 2.05) is 48.7 Å². The fourth-order valence-electron chi connectivity index (χ4n) is 3.63. The molecule has 2 heterocycles. The average Bonchev–Trinajstić information content (AvgIpc) is 3.33.